The third-order valence-corrected chi connectivity index (χ3v) is 4.80. The number of hydrogen-bond donors (Lipinski definition) is 3. The Bertz CT molecular complexity index is 736. The zero-order chi connectivity index (χ0) is 19.1. The number of para-hydroxylation sites is 1. The lowest BCUT2D eigenvalue weighted by Gasteiger charge is -2.27. The lowest BCUT2D eigenvalue weighted by Crippen LogP contribution is -2.50. The van der Waals surface area contributed by atoms with Gasteiger partial charge in [0.1, 0.15) is 6.04 Å². The van der Waals surface area contributed by atoms with E-state index in [9.17, 15) is 9.59 Å². The van der Waals surface area contributed by atoms with Gasteiger partial charge in [-0.3, -0.25) is 14.5 Å². The molecule has 142 valence electrons. The summed E-state index contributed by atoms with van der Waals surface area (Å²) in [6.45, 7) is 10.2. The number of amides is 2. The highest BCUT2D eigenvalue weighted by atomic mass is 16.2. The third kappa shape index (κ3) is 5.08. The normalized spacial score (nSPS) is 13.6. The largest absolute Gasteiger partial charge is 0.361 e. The molecule has 1 aromatic carbocycles. The minimum atomic E-state index is -0.587. The summed E-state index contributed by atoms with van der Waals surface area (Å²) in [6.07, 6.45) is 2.36. The van der Waals surface area contributed by atoms with E-state index in [4.69, 9.17) is 0 Å². The molecule has 3 N–H and O–H groups in total. The SMILES string of the molecule is CCN(CC)C(C)CNC(=O)C(Cc1c[nH]c2ccccc12)NC(C)=O. The van der Waals surface area contributed by atoms with Crippen LogP contribution in [0.25, 0.3) is 10.9 Å². The molecule has 0 saturated heterocycles. The molecule has 1 heterocycles. The van der Waals surface area contributed by atoms with E-state index in [-0.39, 0.29) is 17.9 Å². The molecular weight excluding hydrogens is 328 g/mol. The zero-order valence-corrected chi connectivity index (χ0v) is 16.1. The smallest absolute Gasteiger partial charge is 0.242 e. The quantitative estimate of drug-likeness (QED) is 0.642. The Morgan fingerprint density at radius 2 is 1.88 bits per heavy atom. The Kier molecular flexibility index (Phi) is 7.21. The van der Waals surface area contributed by atoms with Gasteiger partial charge in [-0.2, -0.15) is 0 Å². The maximum absolute atomic E-state index is 12.7. The predicted molar refractivity (Wildman–Crippen MR) is 105 cm³/mol. The van der Waals surface area contributed by atoms with Crippen LogP contribution in [0.4, 0.5) is 0 Å². The molecule has 2 rings (SSSR count). The zero-order valence-electron chi connectivity index (χ0n) is 16.1. The van der Waals surface area contributed by atoms with Crippen LogP contribution < -0.4 is 10.6 Å². The van der Waals surface area contributed by atoms with E-state index < -0.39 is 6.04 Å². The highest BCUT2D eigenvalue weighted by Gasteiger charge is 2.22. The van der Waals surface area contributed by atoms with Crippen LogP contribution in [0, 0.1) is 0 Å². The van der Waals surface area contributed by atoms with Crippen LogP contribution in [0.5, 0.6) is 0 Å². The van der Waals surface area contributed by atoms with Crippen molar-refractivity contribution in [3.8, 4) is 0 Å². The number of hydrogen-bond acceptors (Lipinski definition) is 3. The standard InChI is InChI=1S/C20H30N4O2/c1-5-24(6-2)14(3)12-22-20(26)19(23-15(4)25)11-16-13-21-18-10-8-7-9-17(16)18/h7-10,13-14,19,21H,5-6,11-12H2,1-4H3,(H,22,26)(H,23,25). The molecule has 2 amide bonds. The average Bonchev–Trinajstić information content (AvgIpc) is 3.03. The Hall–Kier alpha value is -2.34. The average molecular weight is 358 g/mol. The Morgan fingerprint density at radius 3 is 2.54 bits per heavy atom. The van der Waals surface area contributed by atoms with Crippen LogP contribution >= 0.6 is 0 Å². The van der Waals surface area contributed by atoms with Gasteiger partial charge in [0.05, 0.1) is 0 Å². The fourth-order valence-electron chi connectivity index (χ4n) is 3.32. The number of carbonyl (C=O) groups excluding carboxylic acids is 2. The van der Waals surface area contributed by atoms with Crippen LogP contribution in [-0.2, 0) is 16.0 Å². The van der Waals surface area contributed by atoms with E-state index in [1.54, 1.807) is 0 Å². The molecule has 0 bridgehead atoms. The molecule has 0 saturated carbocycles. The number of aromatic amines is 1. The van der Waals surface area contributed by atoms with Crippen molar-refractivity contribution in [1.82, 2.24) is 20.5 Å². The van der Waals surface area contributed by atoms with Gasteiger partial charge in [0.25, 0.3) is 0 Å². The van der Waals surface area contributed by atoms with Crippen molar-refractivity contribution < 1.29 is 9.59 Å². The highest BCUT2D eigenvalue weighted by Crippen LogP contribution is 2.19. The summed E-state index contributed by atoms with van der Waals surface area (Å²) in [5.41, 5.74) is 2.05. The van der Waals surface area contributed by atoms with Crippen molar-refractivity contribution >= 4 is 22.7 Å². The maximum Gasteiger partial charge on any atom is 0.242 e. The number of rotatable bonds is 9. The first kappa shape index (κ1) is 20.0. The summed E-state index contributed by atoms with van der Waals surface area (Å²) in [5, 5.41) is 6.85. The first-order valence-corrected chi connectivity index (χ1v) is 9.30. The van der Waals surface area contributed by atoms with E-state index in [1.807, 2.05) is 30.5 Å². The minimum absolute atomic E-state index is 0.149. The van der Waals surface area contributed by atoms with Crippen molar-refractivity contribution in [2.45, 2.75) is 46.2 Å². The second kappa shape index (κ2) is 9.38. The van der Waals surface area contributed by atoms with Gasteiger partial charge < -0.3 is 15.6 Å². The number of fused-ring (bicyclic) bond motifs is 1. The fourth-order valence-corrected chi connectivity index (χ4v) is 3.32. The molecule has 0 aliphatic carbocycles. The van der Waals surface area contributed by atoms with Gasteiger partial charge in [-0.25, -0.2) is 0 Å². The van der Waals surface area contributed by atoms with Crippen LogP contribution in [0.1, 0.15) is 33.3 Å². The molecule has 6 heteroatoms. The van der Waals surface area contributed by atoms with Gasteiger partial charge in [0.2, 0.25) is 11.8 Å². The Labute approximate surface area is 155 Å². The maximum atomic E-state index is 12.7. The van der Waals surface area contributed by atoms with Crippen molar-refractivity contribution in [2.75, 3.05) is 19.6 Å². The van der Waals surface area contributed by atoms with Crippen molar-refractivity contribution in [3.63, 3.8) is 0 Å². The first-order chi connectivity index (χ1) is 12.5. The minimum Gasteiger partial charge on any atom is -0.361 e. The summed E-state index contributed by atoms with van der Waals surface area (Å²) in [4.78, 5) is 29.8. The molecule has 6 nitrogen and oxygen atoms in total. The highest BCUT2D eigenvalue weighted by molar-refractivity contribution is 5.89. The van der Waals surface area contributed by atoms with Gasteiger partial charge in [0, 0.05) is 43.0 Å². The first-order valence-electron chi connectivity index (χ1n) is 9.30. The molecule has 2 aromatic rings. The Morgan fingerprint density at radius 1 is 1.19 bits per heavy atom. The molecule has 2 atom stereocenters. The van der Waals surface area contributed by atoms with E-state index >= 15 is 0 Å². The second-order valence-corrected chi connectivity index (χ2v) is 6.63. The number of carbonyl (C=O) groups is 2. The predicted octanol–water partition coefficient (Wildman–Crippen LogP) is 2.06. The monoisotopic (exact) mass is 358 g/mol. The van der Waals surface area contributed by atoms with Crippen molar-refractivity contribution in [3.05, 3.63) is 36.0 Å². The van der Waals surface area contributed by atoms with E-state index in [2.05, 4.69) is 41.3 Å². The van der Waals surface area contributed by atoms with Crippen LogP contribution in [0.15, 0.2) is 30.5 Å². The number of benzene rings is 1. The molecule has 0 radical (unpaired) electrons. The number of H-pyrrole nitrogens is 1. The van der Waals surface area contributed by atoms with Gasteiger partial charge in [-0.15, -0.1) is 0 Å². The molecule has 26 heavy (non-hydrogen) atoms. The summed E-state index contributed by atoms with van der Waals surface area (Å²) >= 11 is 0. The van der Waals surface area contributed by atoms with Crippen molar-refractivity contribution in [1.29, 1.82) is 0 Å². The van der Waals surface area contributed by atoms with E-state index in [1.165, 1.54) is 6.92 Å². The molecule has 0 fully saturated rings. The number of nitrogens with zero attached hydrogens (tertiary/aromatic N) is 1. The summed E-state index contributed by atoms with van der Waals surface area (Å²) in [7, 11) is 0. The molecule has 0 spiro atoms. The van der Waals surface area contributed by atoms with Gasteiger partial charge in [0.15, 0.2) is 0 Å². The lowest BCUT2D eigenvalue weighted by atomic mass is 10.0. The summed E-state index contributed by atoms with van der Waals surface area (Å²) in [6, 6.07) is 7.62. The lowest BCUT2D eigenvalue weighted by molar-refractivity contribution is -0.128. The van der Waals surface area contributed by atoms with Crippen LogP contribution in [-0.4, -0.2) is 53.4 Å². The number of aromatic nitrogens is 1. The van der Waals surface area contributed by atoms with Crippen LogP contribution in [0.3, 0.4) is 0 Å². The molecule has 0 aliphatic heterocycles. The molecule has 0 aliphatic rings. The van der Waals surface area contributed by atoms with E-state index in [0.29, 0.717) is 13.0 Å². The summed E-state index contributed by atoms with van der Waals surface area (Å²) < 4.78 is 0. The van der Waals surface area contributed by atoms with Gasteiger partial charge >= 0.3 is 0 Å². The number of nitrogens with one attached hydrogen (secondary N) is 3. The van der Waals surface area contributed by atoms with E-state index in [0.717, 1.165) is 29.6 Å². The second-order valence-electron chi connectivity index (χ2n) is 6.63. The topological polar surface area (TPSA) is 77.2 Å². The van der Waals surface area contributed by atoms with Gasteiger partial charge in [-0.1, -0.05) is 32.0 Å². The molecule has 1 aromatic heterocycles. The third-order valence-electron chi connectivity index (χ3n) is 4.80. The molecule has 2 unspecified atom stereocenters. The fraction of sp³-hybridized carbons (Fsp3) is 0.500. The Balaban J connectivity index is 2.06. The van der Waals surface area contributed by atoms with Crippen molar-refractivity contribution in [2.24, 2.45) is 0 Å². The van der Waals surface area contributed by atoms with Gasteiger partial charge in [-0.05, 0) is 31.6 Å². The number of likely N-dealkylation sites (N-methyl/N-ethyl adjacent to an activating group) is 1. The summed E-state index contributed by atoms with van der Waals surface area (Å²) in [5.74, 6) is -0.355. The van der Waals surface area contributed by atoms with Crippen LogP contribution in [0.2, 0.25) is 0 Å². The molecular formula is C20H30N4O2.